The van der Waals surface area contributed by atoms with Gasteiger partial charge in [0.2, 0.25) is 0 Å². The van der Waals surface area contributed by atoms with Gasteiger partial charge in [-0.05, 0) is 30.7 Å². The van der Waals surface area contributed by atoms with Gasteiger partial charge in [0.25, 0.3) is 0 Å². The van der Waals surface area contributed by atoms with Crippen molar-refractivity contribution in [2.75, 3.05) is 37.4 Å². The van der Waals surface area contributed by atoms with Gasteiger partial charge in [0.1, 0.15) is 5.75 Å². The molecule has 0 radical (unpaired) electrons. The van der Waals surface area contributed by atoms with Crippen molar-refractivity contribution in [3.8, 4) is 5.75 Å². The number of nitrogen functional groups attached to an aromatic ring is 1. The van der Waals surface area contributed by atoms with Gasteiger partial charge in [-0.15, -0.1) is 0 Å². The molecule has 194 valence electrons. The Balaban J connectivity index is 1.41. The number of para-hydroxylation sites is 1. The number of unbranched alkanes of at least 4 members (excludes halogenated alkanes) is 11. The van der Waals surface area contributed by atoms with Crippen molar-refractivity contribution in [3.05, 3.63) is 54.1 Å². The summed E-state index contributed by atoms with van der Waals surface area (Å²) >= 11 is 0. The highest BCUT2D eigenvalue weighted by Crippen LogP contribution is 2.34. The molecule has 0 bridgehead atoms. The summed E-state index contributed by atoms with van der Waals surface area (Å²) in [5.41, 5.74) is 8.32. The predicted molar refractivity (Wildman–Crippen MR) is 148 cm³/mol. The molecule has 0 spiro atoms. The molecule has 1 atom stereocenters. The van der Waals surface area contributed by atoms with Crippen molar-refractivity contribution in [1.29, 1.82) is 0 Å². The van der Waals surface area contributed by atoms with Crippen LogP contribution in [-0.4, -0.2) is 26.3 Å². The Morgan fingerprint density at radius 3 is 2.17 bits per heavy atom. The summed E-state index contributed by atoms with van der Waals surface area (Å²) < 4.78 is 12.4. The maximum atomic E-state index is 6.30. The smallest absolute Gasteiger partial charge is 0.177 e. The first-order valence-electron chi connectivity index (χ1n) is 13.9. The molecule has 1 saturated heterocycles. The van der Waals surface area contributed by atoms with E-state index >= 15 is 0 Å². The lowest BCUT2D eigenvalue weighted by atomic mass is 9.99. The van der Waals surface area contributed by atoms with Crippen molar-refractivity contribution in [1.82, 2.24) is 5.32 Å². The third-order valence-electron chi connectivity index (χ3n) is 6.86. The van der Waals surface area contributed by atoms with Crippen molar-refractivity contribution < 1.29 is 9.47 Å². The molecule has 0 saturated carbocycles. The van der Waals surface area contributed by atoms with Crippen molar-refractivity contribution in [3.63, 3.8) is 0 Å². The van der Waals surface area contributed by atoms with Gasteiger partial charge < -0.3 is 25.8 Å². The van der Waals surface area contributed by atoms with E-state index in [9.17, 15) is 0 Å². The minimum absolute atomic E-state index is 0.638. The van der Waals surface area contributed by atoms with Crippen LogP contribution in [0.4, 0.5) is 11.4 Å². The van der Waals surface area contributed by atoms with Crippen LogP contribution < -0.4 is 21.1 Å². The van der Waals surface area contributed by atoms with E-state index in [0.29, 0.717) is 25.4 Å². The Morgan fingerprint density at radius 2 is 1.54 bits per heavy atom. The molecule has 3 rings (SSSR count). The summed E-state index contributed by atoms with van der Waals surface area (Å²) in [6.45, 7) is 5.13. The van der Waals surface area contributed by atoms with E-state index in [-0.39, 0.29) is 0 Å². The molecule has 1 fully saturated rings. The number of benzene rings is 2. The van der Waals surface area contributed by atoms with E-state index in [2.05, 4.69) is 29.7 Å². The van der Waals surface area contributed by atoms with Crippen LogP contribution in [0.1, 0.15) is 89.5 Å². The molecule has 1 aliphatic rings. The standard InChI is InChI=1S/C30H47N3O2/c1-2-3-4-5-6-7-8-9-10-11-12-16-22-34-29-24-26(19-20-28(29)31)30(25-32-21-23-35-30)33-27-17-14-13-15-18-27/h13-15,17-20,24,32-33H,2-12,16,21-23,25,31H2,1H3. The average molecular weight is 482 g/mol. The Labute approximate surface area is 213 Å². The van der Waals surface area contributed by atoms with Crippen molar-refractivity contribution in [2.24, 2.45) is 0 Å². The summed E-state index contributed by atoms with van der Waals surface area (Å²) in [5.74, 6) is 0.744. The number of nitrogens with two attached hydrogens (primary N) is 1. The fourth-order valence-electron chi connectivity index (χ4n) is 4.74. The fourth-order valence-corrected chi connectivity index (χ4v) is 4.74. The second-order valence-electron chi connectivity index (χ2n) is 9.83. The van der Waals surface area contributed by atoms with E-state index in [1.807, 2.05) is 36.4 Å². The molecule has 4 N–H and O–H groups in total. The molecule has 1 heterocycles. The van der Waals surface area contributed by atoms with E-state index in [4.69, 9.17) is 15.2 Å². The maximum absolute atomic E-state index is 6.30. The highest BCUT2D eigenvalue weighted by Gasteiger charge is 2.36. The molecule has 5 heteroatoms. The molecule has 35 heavy (non-hydrogen) atoms. The van der Waals surface area contributed by atoms with Crippen LogP contribution in [0.2, 0.25) is 0 Å². The van der Waals surface area contributed by atoms with Crippen LogP contribution in [-0.2, 0) is 10.5 Å². The van der Waals surface area contributed by atoms with Gasteiger partial charge in [0.05, 0.1) is 18.9 Å². The van der Waals surface area contributed by atoms with Crippen molar-refractivity contribution >= 4 is 11.4 Å². The van der Waals surface area contributed by atoms with Gasteiger partial charge in [-0.1, -0.05) is 102 Å². The Morgan fingerprint density at radius 1 is 0.886 bits per heavy atom. The van der Waals surface area contributed by atoms with Crippen LogP contribution in [0.15, 0.2) is 48.5 Å². The van der Waals surface area contributed by atoms with Crippen molar-refractivity contribution in [2.45, 2.75) is 89.7 Å². The highest BCUT2D eigenvalue weighted by atomic mass is 16.5. The lowest BCUT2D eigenvalue weighted by Crippen LogP contribution is -2.52. The minimum atomic E-state index is -0.651. The summed E-state index contributed by atoms with van der Waals surface area (Å²) in [4.78, 5) is 0. The summed E-state index contributed by atoms with van der Waals surface area (Å²) in [7, 11) is 0. The zero-order valence-electron chi connectivity index (χ0n) is 21.8. The van der Waals surface area contributed by atoms with Crippen LogP contribution in [0.5, 0.6) is 5.75 Å². The van der Waals surface area contributed by atoms with Crippen LogP contribution >= 0.6 is 0 Å². The second-order valence-corrected chi connectivity index (χ2v) is 9.83. The summed E-state index contributed by atoms with van der Waals surface area (Å²) in [6.07, 6.45) is 16.0. The number of rotatable bonds is 17. The number of nitrogens with one attached hydrogen (secondary N) is 2. The molecular weight excluding hydrogens is 434 g/mol. The predicted octanol–water partition coefficient (Wildman–Crippen LogP) is 7.23. The minimum Gasteiger partial charge on any atom is -0.491 e. The largest absolute Gasteiger partial charge is 0.491 e. The molecule has 0 aromatic heterocycles. The molecular formula is C30H47N3O2. The van der Waals surface area contributed by atoms with Gasteiger partial charge in [0.15, 0.2) is 5.72 Å². The number of hydrogen-bond acceptors (Lipinski definition) is 5. The van der Waals surface area contributed by atoms with Gasteiger partial charge in [-0.2, -0.15) is 0 Å². The number of anilines is 2. The summed E-state index contributed by atoms with van der Waals surface area (Å²) in [5, 5.41) is 7.06. The van der Waals surface area contributed by atoms with Crippen LogP contribution in [0, 0.1) is 0 Å². The first-order chi connectivity index (χ1) is 17.2. The first kappa shape index (κ1) is 27.3. The van der Waals surface area contributed by atoms with E-state index in [1.165, 1.54) is 70.6 Å². The quantitative estimate of drug-likeness (QED) is 0.164. The Kier molecular flexibility index (Phi) is 12.3. The number of ether oxygens (including phenoxy) is 2. The first-order valence-corrected chi connectivity index (χ1v) is 13.9. The zero-order valence-corrected chi connectivity index (χ0v) is 21.8. The molecule has 5 nitrogen and oxygen atoms in total. The maximum Gasteiger partial charge on any atom is 0.177 e. The van der Waals surface area contributed by atoms with Gasteiger partial charge >= 0.3 is 0 Å². The SMILES string of the molecule is CCCCCCCCCCCCCCOc1cc(C2(Nc3ccccc3)CNCCO2)ccc1N. The van der Waals surface area contributed by atoms with E-state index in [1.54, 1.807) is 0 Å². The van der Waals surface area contributed by atoms with Crippen LogP contribution in [0.3, 0.4) is 0 Å². The lowest BCUT2D eigenvalue weighted by molar-refractivity contribution is -0.0499. The number of morpholine rings is 1. The third-order valence-corrected chi connectivity index (χ3v) is 6.86. The molecule has 1 unspecified atom stereocenters. The molecule has 2 aromatic carbocycles. The second kappa shape index (κ2) is 15.7. The molecule has 2 aromatic rings. The molecule has 0 amide bonds. The Bertz CT molecular complexity index is 822. The normalized spacial score (nSPS) is 17.9. The monoisotopic (exact) mass is 481 g/mol. The Hall–Kier alpha value is -2.24. The molecule has 0 aliphatic carbocycles. The average Bonchev–Trinajstić information content (AvgIpc) is 2.89. The number of hydrogen-bond donors (Lipinski definition) is 3. The fraction of sp³-hybridized carbons (Fsp3) is 0.600. The van der Waals surface area contributed by atoms with E-state index in [0.717, 1.165) is 30.0 Å². The summed E-state index contributed by atoms with van der Waals surface area (Å²) in [6, 6.07) is 16.2. The third kappa shape index (κ3) is 9.38. The zero-order chi connectivity index (χ0) is 24.6. The van der Waals surface area contributed by atoms with Gasteiger partial charge in [0, 0.05) is 24.3 Å². The van der Waals surface area contributed by atoms with E-state index < -0.39 is 5.72 Å². The highest BCUT2D eigenvalue weighted by molar-refractivity contribution is 5.56. The topological polar surface area (TPSA) is 68.5 Å². The van der Waals surface area contributed by atoms with Crippen LogP contribution in [0.25, 0.3) is 0 Å². The van der Waals surface area contributed by atoms with Gasteiger partial charge in [-0.25, -0.2) is 0 Å². The lowest BCUT2D eigenvalue weighted by Gasteiger charge is -2.39. The molecule has 1 aliphatic heterocycles. The van der Waals surface area contributed by atoms with Gasteiger partial charge in [-0.3, -0.25) is 0 Å².